The van der Waals surface area contributed by atoms with Gasteiger partial charge in [-0.1, -0.05) is 17.7 Å². The predicted molar refractivity (Wildman–Crippen MR) is 85.4 cm³/mol. The predicted octanol–water partition coefficient (Wildman–Crippen LogP) is 4.35. The minimum atomic E-state index is -0.159. The van der Waals surface area contributed by atoms with Gasteiger partial charge in [0.25, 0.3) is 5.91 Å². The van der Waals surface area contributed by atoms with Crippen LogP contribution in [-0.2, 0) is 12.8 Å². The van der Waals surface area contributed by atoms with Crippen molar-refractivity contribution >= 4 is 46.4 Å². The normalized spacial score (nSPS) is 13.2. The third-order valence-corrected chi connectivity index (χ3v) is 4.46. The molecule has 1 aromatic carbocycles. The molecular weight excluding hydrogens is 315 g/mol. The monoisotopic (exact) mass is 328 g/mol. The third-order valence-electron chi connectivity index (χ3n) is 3.15. The van der Waals surface area contributed by atoms with Crippen LogP contribution < -0.4 is 5.32 Å². The molecule has 1 heterocycles. The molecule has 0 bridgehead atoms. The summed E-state index contributed by atoms with van der Waals surface area (Å²) in [6.07, 6.45) is 4.52. The van der Waals surface area contributed by atoms with Crippen molar-refractivity contribution in [3.05, 3.63) is 45.4 Å². The Labute approximate surface area is 132 Å². The number of aryl methyl sites for hydroxylation is 2. The number of amides is 1. The lowest BCUT2D eigenvalue weighted by molar-refractivity contribution is 0.102. The topological polar surface area (TPSA) is 42.0 Å². The Morgan fingerprint density at radius 3 is 2.85 bits per heavy atom. The van der Waals surface area contributed by atoms with Crippen LogP contribution in [0, 0.1) is 0 Å². The van der Waals surface area contributed by atoms with Gasteiger partial charge in [0.1, 0.15) is 0 Å². The second kappa shape index (κ2) is 6.57. The molecule has 3 nitrogen and oxygen atoms in total. The van der Waals surface area contributed by atoms with Crippen molar-refractivity contribution in [1.29, 1.82) is 0 Å². The molecule has 0 fully saturated rings. The van der Waals surface area contributed by atoms with Crippen molar-refractivity contribution in [3.63, 3.8) is 0 Å². The van der Waals surface area contributed by atoms with Crippen molar-refractivity contribution in [2.75, 3.05) is 5.32 Å². The fourth-order valence-corrected chi connectivity index (χ4v) is 3.44. The number of nitrogens with one attached hydrogen (secondary N) is 1. The number of carbonyl (C=O) groups excluding carboxylic acids is 1. The summed E-state index contributed by atoms with van der Waals surface area (Å²) >= 11 is 7.47. The SMILES string of the molecule is Cl.O=C(Nc1nc2c(s1)CCCC2)c1cccc(Cl)c1. The highest BCUT2D eigenvalue weighted by Crippen LogP contribution is 2.29. The molecule has 1 aromatic heterocycles. The van der Waals surface area contributed by atoms with Crippen molar-refractivity contribution in [2.45, 2.75) is 25.7 Å². The van der Waals surface area contributed by atoms with Crippen molar-refractivity contribution in [1.82, 2.24) is 4.98 Å². The van der Waals surface area contributed by atoms with Crippen LogP contribution in [0.2, 0.25) is 5.02 Å². The van der Waals surface area contributed by atoms with E-state index in [1.54, 1.807) is 35.6 Å². The molecule has 0 spiro atoms. The van der Waals surface area contributed by atoms with Crippen LogP contribution in [0.25, 0.3) is 0 Å². The van der Waals surface area contributed by atoms with Crippen molar-refractivity contribution in [3.8, 4) is 0 Å². The van der Waals surface area contributed by atoms with E-state index in [0.29, 0.717) is 15.7 Å². The summed E-state index contributed by atoms with van der Waals surface area (Å²) in [7, 11) is 0. The lowest BCUT2D eigenvalue weighted by Crippen LogP contribution is -2.11. The molecule has 0 aliphatic heterocycles. The van der Waals surface area contributed by atoms with Crippen LogP contribution in [0.15, 0.2) is 24.3 Å². The molecule has 1 N–H and O–H groups in total. The minimum Gasteiger partial charge on any atom is -0.298 e. The van der Waals surface area contributed by atoms with E-state index < -0.39 is 0 Å². The Morgan fingerprint density at radius 2 is 2.10 bits per heavy atom. The lowest BCUT2D eigenvalue weighted by atomic mass is 10.0. The molecule has 1 amide bonds. The van der Waals surface area contributed by atoms with Crippen LogP contribution in [0.1, 0.15) is 33.8 Å². The first kappa shape index (κ1) is 15.3. The van der Waals surface area contributed by atoms with Crippen molar-refractivity contribution in [2.24, 2.45) is 0 Å². The van der Waals surface area contributed by atoms with Crippen LogP contribution in [0.3, 0.4) is 0 Å². The van der Waals surface area contributed by atoms with Gasteiger partial charge in [0, 0.05) is 15.5 Å². The van der Waals surface area contributed by atoms with E-state index in [9.17, 15) is 4.79 Å². The van der Waals surface area contributed by atoms with Gasteiger partial charge in [-0.05, 0) is 43.9 Å². The molecule has 106 valence electrons. The van der Waals surface area contributed by atoms with Gasteiger partial charge in [0.15, 0.2) is 5.13 Å². The standard InChI is InChI=1S/C14H13ClN2OS.ClH/c15-10-5-3-4-9(8-10)13(18)17-14-16-11-6-1-2-7-12(11)19-14;/h3-5,8H,1-2,6-7H2,(H,16,17,18);1H. The molecule has 1 aliphatic carbocycles. The molecule has 3 rings (SSSR count). The van der Waals surface area contributed by atoms with Gasteiger partial charge in [-0.3, -0.25) is 10.1 Å². The number of anilines is 1. The first-order valence-corrected chi connectivity index (χ1v) is 7.47. The number of hydrogen-bond donors (Lipinski definition) is 1. The number of aromatic nitrogens is 1. The quantitative estimate of drug-likeness (QED) is 0.890. The Bertz CT molecular complexity index is 604. The van der Waals surface area contributed by atoms with E-state index in [4.69, 9.17) is 11.6 Å². The Kier molecular flexibility index (Phi) is 5.02. The number of rotatable bonds is 2. The van der Waals surface area contributed by atoms with Gasteiger partial charge < -0.3 is 0 Å². The zero-order valence-corrected chi connectivity index (χ0v) is 13.1. The molecule has 6 heteroatoms. The van der Waals surface area contributed by atoms with Gasteiger partial charge in [0.05, 0.1) is 5.69 Å². The fourth-order valence-electron chi connectivity index (χ4n) is 2.20. The van der Waals surface area contributed by atoms with E-state index >= 15 is 0 Å². The second-order valence-electron chi connectivity index (χ2n) is 4.56. The number of halogens is 2. The maximum absolute atomic E-state index is 12.1. The van der Waals surface area contributed by atoms with Crippen LogP contribution in [0.5, 0.6) is 0 Å². The van der Waals surface area contributed by atoms with Crippen LogP contribution in [-0.4, -0.2) is 10.9 Å². The van der Waals surface area contributed by atoms with E-state index in [0.717, 1.165) is 18.5 Å². The maximum atomic E-state index is 12.1. The fraction of sp³-hybridized carbons (Fsp3) is 0.286. The van der Waals surface area contributed by atoms with Crippen molar-refractivity contribution < 1.29 is 4.79 Å². The number of hydrogen-bond acceptors (Lipinski definition) is 3. The van der Waals surface area contributed by atoms with Gasteiger partial charge in [-0.2, -0.15) is 0 Å². The molecule has 0 atom stereocenters. The summed E-state index contributed by atoms with van der Waals surface area (Å²) < 4.78 is 0. The zero-order chi connectivity index (χ0) is 13.2. The number of fused-ring (bicyclic) bond motifs is 1. The van der Waals surface area contributed by atoms with E-state index in [2.05, 4.69) is 10.3 Å². The van der Waals surface area contributed by atoms with Gasteiger partial charge in [-0.15, -0.1) is 23.7 Å². The van der Waals surface area contributed by atoms with Crippen LogP contribution >= 0.6 is 35.3 Å². The average molecular weight is 329 g/mol. The van der Waals surface area contributed by atoms with Gasteiger partial charge in [0.2, 0.25) is 0 Å². The molecule has 0 unspecified atom stereocenters. The lowest BCUT2D eigenvalue weighted by Gasteiger charge is -2.06. The summed E-state index contributed by atoms with van der Waals surface area (Å²) in [4.78, 5) is 17.9. The summed E-state index contributed by atoms with van der Waals surface area (Å²) in [5.41, 5.74) is 1.71. The minimum absolute atomic E-state index is 0. The molecule has 2 aromatic rings. The summed E-state index contributed by atoms with van der Waals surface area (Å²) in [5.74, 6) is -0.159. The first-order valence-electron chi connectivity index (χ1n) is 6.28. The van der Waals surface area contributed by atoms with Gasteiger partial charge in [-0.25, -0.2) is 4.98 Å². The first-order chi connectivity index (χ1) is 9.22. The molecule has 0 saturated carbocycles. The molecule has 1 aliphatic rings. The number of benzene rings is 1. The van der Waals surface area contributed by atoms with Crippen LogP contribution in [0.4, 0.5) is 5.13 Å². The molecule has 0 radical (unpaired) electrons. The van der Waals surface area contributed by atoms with E-state index in [1.165, 1.54) is 17.7 Å². The third kappa shape index (κ3) is 3.32. The number of thiazole rings is 1. The average Bonchev–Trinajstić information content (AvgIpc) is 2.80. The van der Waals surface area contributed by atoms with Gasteiger partial charge >= 0.3 is 0 Å². The highest BCUT2D eigenvalue weighted by atomic mass is 35.5. The van der Waals surface area contributed by atoms with E-state index in [-0.39, 0.29) is 18.3 Å². The molecular formula is C14H14Cl2N2OS. The Balaban J connectivity index is 0.00000147. The Morgan fingerprint density at radius 1 is 1.30 bits per heavy atom. The smallest absolute Gasteiger partial charge is 0.257 e. The largest absolute Gasteiger partial charge is 0.298 e. The number of carbonyl (C=O) groups is 1. The molecule has 0 saturated heterocycles. The highest BCUT2D eigenvalue weighted by Gasteiger charge is 2.16. The zero-order valence-electron chi connectivity index (χ0n) is 10.7. The summed E-state index contributed by atoms with van der Waals surface area (Å²) in [5, 5.41) is 4.11. The Hall–Kier alpha value is -1.10. The highest BCUT2D eigenvalue weighted by molar-refractivity contribution is 7.15. The summed E-state index contributed by atoms with van der Waals surface area (Å²) in [6, 6.07) is 6.92. The molecule has 20 heavy (non-hydrogen) atoms. The maximum Gasteiger partial charge on any atom is 0.257 e. The van der Waals surface area contributed by atoms with E-state index in [1.807, 2.05) is 0 Å². The summed E-state index contributed by atoms with van der Waals surface area (Å²) in [6.45, 7) is 0. The number of nitrogens with zero attached hydrogens (tertiary/aromatic N) is 1. The second-order valence-corrected chi connectivity index (χ2v) is 6.08.